The number of aliphatic hydroxyl groups is 2. The first-order chi connectivity index (χ1) is 5.23. The van der Waals surface area contributed by atoms with Gasteiger partial charge in [0, 0.05) is 17.8 Å². The third kappa shape index (κ3) is 4.14. The predicted molar refractivity (Wildman–Crippen MR) is 41.1 cm³/mol. The van der Waals surface area contributed by atoms with Crippen molar-refractivity contribution in [2.75, 3.05) is 6.61 Å². The number of hydrogen-bond acceptors (Lipinski definition) is 4. The summed E-state index contributed by atoms with van der Waals surface area (Å²) in [6.45, 7) is 4.29. The zero-order chi connectivity index (χ0) is 9.99. The Bertz CT molecular complexity index is 177. The van der Waals surface area contributed by atoms with Gasteiger partial charge in [0.2, 0.25) is 0 Å². The molecule has 5 heteroatoms. The van der Waals surface area contributed by atoms with Gasteiger partial charge in [-0.2, -0.15) is 0 Å². The number of carboxylic acid groups (broad SMARTS) is 1. The molecule has 2 N–H and O–H groups in total. The van der Waals surface area contributed by atoms with Gasteiger partial charge in [-0.15, -0.1) is 0 Å². The zero-order valence-corrected chi connectivity index (χ0v) is 8.63. The quantitative estimate of drug-likeness (QED) is 0.433. The Hall–Kier alpha value is -0.0126. The first kappa shape index (κ1) is 15.5. The molecule has 0 heterocycles. The summed E-state index contributed by atoms with van der Waals surface area (Å²) in [5.74, 6) is -1.32. The third-order valence-electron chi connectivity index (χ3n) is 2.34. The maximum atomic E-state index is 10.2. The number of carboxylic acids is 1. The summed E-state index contributed by atoms with van der Waals surface area (Å²) in [6, 6.07) is 0. The molecule has 0 amide bonds. The minimum absolute atomic E-state index is 0. The first-order valence-corrected chi connectivity index (χ1v) is 3.76. The van der Waals surface area contributed by atoms with Crippen LogP contribution in [-0.4, -0.2) is 28.4 Å². The van der Waals surface area contributed by atoms with Crippen molar-refractivity contribution in [3.8, 4) is 0 Å². The molecule has 0 aliphatic heterocycles. The van der Waals surface area contributed by atoms with E-state index in [0.717, 1.165) is 0 Å². The molecule has 0 aliphatic carbocycles. The summed E-state index contributed by atoms with van der Waals surface area (Å²) in [7, 11) is 0. The van der Waals surface area contributed by atoms with E-state index < -0.39 is 23.4 Å². The summed E-state index contributed by atoms with van der Waals surface area (Å²) in [6.07, 6.45) is -0.472. The van der Waals surface area contributed by atoms with Gasteiger partial charge in [0.1, 0.15) is 0 Å². The number of hydrogen-bond donors (Lipinski definition) is 2. The topological polar surface area (TPSA) is 80.6 Å². The van der Waals surface area contributed by atoms with Crippen molar-refractivity contribution < 1.29 is 39.0 Å². The van der Waals surface area contributed by atoms with Gasteiger partial charge in [0.05, 0.1) is 12.2 Å². The van der Waals surface area contributed by atoms with Crippen molar-refractivity contribution in [2.24, 2.45) is 5.41 Å². The van der Waals surface area contributed by atoms with Gasteiger partial charge in [0.15, 0.2) is 0 Å². The molecule has 1 atom stereocenters. The summed E-state index contributed by atoms with van der Waals surface area (Å²) in [5.41, 5.74) is -2.28. The monoisotopic (exact) mass is 182 g/mol. The molecule has 0 fully saturated rings. The summed E-state index contributed by atoms with van der Waals surface area (Å²) < 4.78 is 0. The molecule has 0 saturated carbocycles. The van der Waals surface area contributed by atoms with E-state index in [1.807, 2.05) is 0 Å². The fraction of sp³-hybridized carbons (Fsp3) is 0.875. The van der Waals surface area contributed by atoms with Gasteiger partial charge in [-0.25, -0.2) is 0 Å². The molecule has 0 aromatic heterocycles. The second-order valence-electron chi connectivity index (χ2n) is 3.86. The summed E-state index contributed by atoms with van der Waals surface area (Å²) in [5, 5.41) is 28.7. The Morgan fingerprint density at radius 3 is 2.00 bits per heavy atom. The predicted octanol–water partition coefficient (Wildman–Crippen LogP) is -4.10. The van der Waals surface area contributed by atoms with Crippen LogP contribution in [0.5, 0.6) is 0 Å². The minimum Gasteiger partial charge on any atom is -0.550 e. The van der Waals surface area contributed by atoms with Crippen LogP contribution in [0.2, 0.25) is 0 Å². The van der Waals surface area contributed by atoms with E-state index >= 15 is 0 Å². The van der Waals surface area contributed by atoms with Crippen LogP contribution < -0.4 is 24.0 Å². The van der Waals surface area contributed by atoms with Gasteiger partial charge in [0.25, 0.3) is 0 Å². The van der Waals surface area contributed by atoms with Crippen LogP contribution in [0.15, 0.2) is 0 Å². The van der Waals surface area contributed by atoms with Crippen LogP contribution in [-0.2, 0) is 4.79 Å². The van der Waals surface area contributed by atoms with Crippen molar-refractivity contribution in [3.05, 3.63) is 0 Å². The van der Waals surface area contributed by atoms with Crippen LogP contribution in [0.1, 0.15) is 27.2 Å². The Labute approximate surface area is 90.1 Å². The molecular weight excluding hydrogens is 167 g/mol. The smallest absolute Gasteiger partial charge is 0.550 e. The molecule has 0 bridgehead atoms. The molecule has 0 aliphatic rings. The number of aliphatic hydroxyl groups excluding tert-OH is 1. The van der Waals surface area contributed by atoms with Gasteiger partial charge < -0.3 is 20.1 Å². The molecule has 0 aromatic carbocycles. The van der Waals surface area contributed by atoms with E-state index in [-0.39, 0.29) is 25.5 Å². The second kappa shape index (κ2) is 5.01. The van der Waals surface area contributed by atoms with Gasteiger partial charge in [-0.3, -0.25) is 0 Å². The van der Waals surface area contributed by atoms with Crippen molar-refractivity contribution in [1.29, 1.82) is 0 Å². The Morgan fingerprint density at radius 1 is 1.38 bits per heavy atom. The molecule has 0 spiro atoms. The molecule has 0 radical (unpaired) electrons. The maximum Gasteiger partial charge on any atom is 1.00 e. The molecule has 1 unspecified atom stereocenters. The van der Waals surface area contributed by atoms with Crippen LogP contribution in [0, 0.1) is 5.41 Å². The molecule has 13 heavy (non-hydrogen) atoms. The SMILES string of the molecule is CC(C)(CO)C(C)(O)CC(=O)[O-].[Li+]. The van der Waals surface area contributed by atoms with E-state index in [1.54, 1.807) is 13.8 Å². The van der Waals surface area contributed by atoms with Gasteiger partial charge in [-0.1, -0.05) is 13.8 Å². The minimum atomic E-state index is -1.44. The Balaban J connectivity index is 0. The standard InChI is InChI=1S/C8H16O4.Li/c1-7(2,5-9)8(3,12)4-6(10)11;/h9,12H,4-5H2,1-3H3,(H,10,11);/q;+1/p-1. The Morgan fingerprint density at radius 2 is 1.77 bits per heavy atom. The zero-order valence-electron chi connectivity index (χ0n) is 8.63. The largest absolute Gasteiger partial charge is 1.00 e. The van der Waals surface area contributed by atoms with Crippen LogP contribution in [0.25, 0.3) is 0 Å². The van der Waals surface area contributed by atoms with Gasteiger partial charge in [-0.05, 0) is 6.92 Å². The first-order valence-electron chi connectivity index (χ1n) is 3.76. The van der Waals surface area contributed by atoms with Gasteiger partial charge >= 0.3 is 18.9 Å². The molecule has 4 nitrogen and oxygen atoms in total. The molecule has 0 rings (SSSR count). The van der Waals surface area contributed by atoms with Crippen LogP contribution in [0.3, 0.4) is 0 Å². The van der Waals surface area contributed by atoms with Crippen molar-refractivity contribution >= 4 is 5.97 Å². The molecule has 0 saturated heterocycles. The molecule has 72 valence electrons. The maximum absolute atomic E-state index is 10.2. The van der Waals surface area contributed by atoms with Crippen molar-refractivity contribution in [1.82, 2.24) is 0 Å². The van der Waals surface area contributed by atoms with Crippen molar-refractivity contribution in [3.63, 3.8) is 0 Å². The normalized spacial score (nSPS) is 15.8. The third-order valence-corrected chi connectivity index (χ3v) is 2.34. The molecule has 0 aromatic rings. The van der Waals surface area contributed by atoms with E-state index in [0.29, 0.717) is 0 Å². The summed E-state index contributed by atoms with van der Waals surface area (Å²) in [4.78, 5) is 10.2. The fourth-order valence-electron chi connectivity index (χ4n) is 0.691. The van der Waals surface area contributed by atoms with E-state index in [9.17, 15) is 15.0 Å². The summed E-state index contributed by atoms with van der Waals surface area (Å²) >= 11 is 0. The van der Waals surface area contributed by atoms with Crippen LogP contribution >= 0.6 is 0 Å². The molecular formula is C8H15LiO4. The number of carbonyl (C=O) groups is 1. The van der Waals surface area contributed by atoms with E-state index in [2.05, 4.69) is 0 Å². The number of carbonyl (C=O) groups excluding carboxylic acids is 1. The Kier molecular flexibility index (Phi) is 5.96. The average molecular weight is 182 g/mol. The number of aliphatic carboxylic acids is 1. The fourth-order valence-corrected chi connectivity index (χ4v) is 0.691. The average Bonchev–Trinajstić information content (AvgIpc) is 1.84. The number of rotatable bonds is 4. The second-order valence-corrected chi connectivity index (χ2v) is 3.86. The van der Waals surface area contributed by atoms with Crippen LogP contribution in [0.4, 0.5) is 0 Å². The van der Waals surface area contributed by atoms with E-state index in [4.69, 9.17) is 5.11 Å². The van der Waals surface area contributed by atoms with Crippen molar-refractivity contribution in [2.45, 2.75) is 32.8 Å². The van der Waals surface area contributed by atoms with E-state index in [1.165, 1.54) is 6.92 Å².